The predicted octanol–water partition coefficient (Wildman–Crippen LogP) is 6.54. The van der Waals surface area contributed by atoms with E-state index in [9.17, 15) is 4.39 Å². The third-order valence-electron chi connectivity index (χ3n) is 5.03. The van der Waals surface area contributed by atoms with E-state index < -0.39 is 0 Å². The largest absolute Gasteiger partial charge is 0.343 e. The molecule has 0 atom stereocenters. The molecule has 144 valence electrons. The lowest BCUT2D eigenvalue weighted by Gasteiger charge is -2.08. The van der Waals surface area contributed by atoms with Crippen LogP contribution in [0, 0.1) is 5.82 Å². The van der Waals surface area contributed by atoms with Crippen molar-refractivity contribution >= 4 is 22.5 Å². The number of halogens is 2. The normalized spacial score (nSPS) is 11.4. The number of unbranched alkanes of at least 4 members (excludes halogenated alkanes) is 4. The highest BCUT2D eigenvalue weighted by Crippen LogP contribution is 2.25. The van der Waals surface area contributed by atoms with Gasteiger partial charge in [0, 0.05) is 34.2 Å². The zero-order chi connectivity index (χ0) is 19.1. The van der Waals surface area contributed by atoms with Crippen LogP contribution in [0.15, 0.2) is 48.7 Å². The van der Waals surface area contributed by atoms with E-state index in [0.29, 0.717) is 17.1 Å². The summed E-state index contributed by atoms with van der Waals surface area (Å²) in [6, 6.07) is 13.1. The fraction of sp³-hybridized carbons (Fsp3) is 0.391. The van der Waals surface area contributed by atoms with Gasteiger partial charge in [0.1, 0.15) is 5.82 Å². The minimum Gasteiger partial charge on any atom is -0.343 e. The first kappa shape index (κ1) is 19.9. The van der Waals surface area contributed by atoms with Gasteiger partial charge in [-0.2, -0.15) is 0 Å². The molecule has 4 heteroatoms. The maximum absolute atomic E-state index is 14.2. The van der Waals surface area contributed by atoms with Crippen molar-refractivity contribution in [3.8, 4) is 0 Å². The second-order valence-electron chi connectivity index (χ2n) is 7.09. The molecular weight excluding hydrogens is 359 g/mol. The zero-order valence-electron chi connectivity index (χ0n) is 16.0. The van der Waals surface area contributed by atoms with Crippen molar-refractivity contribution in [2.24, 2.45) is 0 Å². The lowest BCUT2D eigenvalue weighted by molar-refractivity contribution is 0.583. The Morgan fingerprint density at radius 3 is 2.63 bits per heavy atom. The van der Waals surface area contributed by atoms with Crippen molar-refractivity contribution in [2.75, 3.05) is 6.54 Å². The summed E-state index contributed by atoms with van der Waals surface area (Å²) in [6.07, 6.45) is 8.54. The maximum Gasteiger partial charge on any atom is 0.129 e. The van der Waals surface area contributed by atoms with Crippen LogP contribution >= 0.6 is 11.6 Å². The average Bonchev–Trinajstić information content (AvgIpc) is 3.02. The van der Waals surface area contributed by atoms with Gasteiger partial charge in [0.25, 0.3) is 0 Å². The average molecular weight is 387 g/mol. The Bertz CT molecular complexity index is 852. The molecule has 0 aliphatic carbocycles. The number of benzene rings is 2. The third-order valence-corrected chi connectivity index (χ3v) is 5.39. The van der Waals surface area contributed by atoms with E-state index in [0.717, 1.165) is 18.6 Å². The highest BCUT2D eigenvalue weighted by molar-refractivity contribution is 6.31. The molecule has 3 rings (SSSR count). The van der Waals surface area contributed by atoms with E-state index in [-0.39, 0.29) is 5.82 Å². The molecule has 0 amide bonds. The lowest BCUT2D eigenvalue weighted by Crippen LogP contribution is -2.14. The Morgan fingerprint density at radius 1 is 1.00 bits per heavy atom. The molecule has 1 N–H and O–H groups in total. The van der Waals surface area contributed by atoms with Crippen molar-refractivity contribution in [3.05, 3.63) is 70.6 Å². The lowest BCUT2D eigenvalue weighted by atomic mass is 10.1. The Labute approximate surface area is 166 Å². The predicted molar refractivity (Wildman–Crippen MR) is 113 cm³/mol. The molecular formula is C23H28ClFN2. The van der Waals surface area contributed by atoms with E-state index in [1.807, 2.05) is 6.07 Å². The van der Waals surface area contributed by atoms with Crippen LogP contribution in [0.1, 0.15) is 50.2 Å². The van der Waals surface area contributed by atoms with Crippen LogP contribution in [0.5, 0.6) is 0 Å². The Kier molecular flexibility index (Phi) is 7.31. The highest BCUT2D eigenvalue weighted by atomic mass is 35.5. The first-order chi connectivity index (χ1) is 13.2. The van der Waals surface area contributed by atoms with Crippen LogP contribution in [-0.4, -0.2) is 11.1 Å². The number of aromatic nitrogens is 1. The van der Waals surface area contributed by atoms with Crippen molar-refractivity contribution < 1.29 is 4.39 Å². The topological polar surface area (TPSA) is 17.0 Å². The summed E-state index contributed by atoms with van der Waals surface area (Å²) in [6.45, 7) is 4.53. The van der Waals surface area contributed by atoms with Crippen molar-refractivity contribution in [2.45, 2.75) is 52.1 Å². The molecule has 0 saturated heterocycles. The quantitative estimate of drug-likeness (QED) is 0.391. The van der Waals surface area contributed by atoms with Gasteiger partial charge in [-0.05, 0) is 36.7 Å². The van der Waals surface area contributed by atoms with Crippen LogP contribution in [0.4, 0.5) is 4.39 Å². The summed E-state index contributed by atoms with van der Waals surface area (Å²) in [7, 11) is 0. The molecule has 1 aromatic heterocycles. The van der Waals surface area contributed by atoms with Gasteiger partial charge in [-0.15, -0.1) is 0 Å². The van der Waals surface area contributed by atoms with Crippen molar-refractivity contribution in [3.63, 3.8) is 0 Å². The van der Waals surface area contributed by atoms with Gasteiger partial charge in [-0.3, -0.25) is 0 Å². The standard InChI is InChI=1S/C23H28ClFN2/c1-2-3-4-5-8-14-26-15-18-16-27(23-13-7-6-10-19(18)23)17-20-21(24)11-9-12-22(20)25/h6-7,9-13,16,26H,2-5,8,14-15,17H2,1H3. The van der Waals surface area contributed by atoms with Crippen LogP contribution in [0.25, 0.3) is 10.9 Å². The first-order valence-corrected chi connectivity index (χ1v) is 10.3. The molecule has 0 aliphatic heterocycles. The Morgan fingerprint density at radius 2 is 1.81 bits per heavy atom. The van der Waals surface area contributed by atoms with Gasteiger partial charge < -0.3 is 9.88 Å². The van der Waals surface area contributed by atoms with Gasteiger partial charge >= 0.3 is 0 Å². The van der Waals surface area contributed by atoms with E-state index in [2.05, 4.69) is 41.2 Å². The number of fused-ring (bicyclic) bond motifs is 1. The molecule has 0 saturated carbocycles. The molecule has 2 aromatic carbocycles. The number of nitrogens with zero attached hydrogens (tertiary/aromatic N) is 1. The molecule has 0 unspecified atom stereocenters. The number of hydrogen-bond donors (Lipinski definition) is 1. The number of nitrogens with one attached hydrogen (secondary N) is 1. The van der Waals surface area contributed by atoms with E-state index in [1.165, 1.54) is 49.1 Å². The van der Waals surface area contributed by atoms with Gasteiger partial charge in [0.05, 0.1) is 6.54 Å². The second-order valence-corrected chi connectivity index (χ2v) is 7.50. The minimum absolute atomic E-state index is 0.257. The molecule has 0 fully saturated rings. The van der Waals surface area contributed by atoms with E-state index in [1.54, 1.807) is 12.1 Å². The first-order valence-electron chi connectivity index (χ1n) is 9.91. The molecule has 0 bridgehead atoms. The summed E-state index contributed by atoms with van der Waals surface area (Å²) >= 11 is 6.23. The van der Waals surface area contributed by atoms with E-state index in [4.69, 9.17) is 11.6 Å². The van der Waals surface area contributed by atoms with Crippen molar-refractivity contribution in [1.29, 1.82) is 0 Å². The number of para-hydroxylation sites is 1. The summed E-state index contributed by atoms with van der Waals surface area (Å²) in [5, 5.41) is 5.24. The second kappa shape index (κ2) is 9.91. The molecule has 1 heterocycles. The van der Waals surface area contributed by atoms with Crippen molar-refractivity contribution in [1.82, 2.24) is 9.88 Å². The minimum atomic E-state index is -0.257. The fourth-order valence-electron chi connectivity index (χ4n) is 3.52. The molecule has 0 aliphatic rings. The molecule has 3 aromatic rings. The summed E-state index contributed by atoms with van der Waals surface area (Å²) < 4.78 is 16.3. The third kappa shape index (κ3) is 5.12. The van der Waals surface area contributed by atoms with Gasteiger partial charge in [-0.25, -0.2) is 4.39 Å². The Hall–Kier alpha value is -1.84. The van der Waals surface area contributed by atoms with Crippen LogP contribution in [-0.2, 0) is 13.1 Å². The SMILES string of the molecule is CCCCCCCNCc1cn(Cc2c(F)cccc2Cl)c2ccccc12. The van der Waals surface area contributed by atoms with Gasteiger partial charge in [0.15, 0.2) is 0 Å². The van der Waals surface area contributed by atoms with E-state index >= 15 is 0 Å². The smallest absolute Gasteiger partial charge is 0.129 e. The summed E-state index contributed by atoms with van der Waals surface area (Å²) in [5.41, 5.74) is 2.89. The number of hydrogen-bond acceptors (Lipinski definition) is 1. The fourth-order valence-corrected chi connectivity index (χ4v) is 3.75. The highest BCUT2D eigenvalue weighted by Gasteiger charge is 2.12. The maximum atomic E-state index is 14.2. The molecule has 27 heavy (non-hydrogen) atoms. The molecule has 2 nitrogen and oxygen atoms in total. The zero-order valence-corrected chi connectivity index (χ0v) is 16.7. The van der Waals surface area contributed by atoms with Gasteiger partial charge in [-0.1, -0.05) is 68.5 Å². The summed E-state index contributed by atoms with van der Waals surface area (Å²) in [5.74, 6) is -0.257. The Balaban J connectivity index is 1.70. The molecule has 0 radical (unpaired) electrons. The van der Waals surface area contributed by atoms with Gasteiger partial charge in [0.2, 0.25) is 0 Å². The van der Waals surface area contributed by atoms with Crippen LogP contribution < -0.4 is 5.32 Å². The summed E-state index contributed by atoms with van der Waals surface area (Å²) in [4.78, 5) is 0. The molecule has 0 spiro atoms. The number of rotatable bonds is 10. The van der Waals surface area contributed by atoms with Crippen LogP contribution in [0.2, 0.25) is 5.02 Å². The van der Waals surface area contributed by atoms with Crippen LogP contribution in [0.3, 0.4) is 0 Å². The monoisotopic (exact) mass is 386 g/mol.